The number of aryl methyl sites for hydroxylation is 1. The van der Waals surface area contributed by atoms with E-state index >= 15 is 0 Å². The highest BCUT2D eigenvalue weighted by Crippen LogP contribution is 2.18. The summed E-state index contributed by atoms with van der Waals surface area (Å²) >= 11 is 3.36. The van der Waals surface area contributed by atoms with Crippen molar-refractivity contribution >= 4 is 27.5 Å². The monoisotopic (exact) mass is 289 g/mol. The smallest absolute Gasteiger partial charge is 0.256 e. The third kappa shape index (κ3) is 2.94. The largest absolute Gasteiger partial charge is 0.322 e. The first-order chi connectivity index (χ1) is 8.16. The lowest BCUT2D eigenvalue weighted by molar-refractivity contribution is 0.102. The molecule has 3 heteroatoms. The molecule has 0 aromatic heterocycles. The lowest BCUT2D eigenvalue weighted by Crippen LogP contribution is -2.12. The third-order valence-electron chi connectivity index (χ3n) is 2.39. The molecule has 2 aromatic carbocycles. The van der Waals surface area contributed by atoms with Crippen LogP contribution in [0, 0.1) is 6.92 Å². The lowest BCUT2D eigenvalue weighted by atomic mass is 10.2. The molecule has 0 saturated heterocycles. The van der Waals surface area contributed by atoms with Crippen molar-refractivity contribution in [3.63, 3.8) is 0 Å². The van der Waals surface area contributed by atoms with E-state index in [2.05, 4.69) is 21.2 Å². The number of carbonyl (C=O) groups is 1. The van der Waals surface area contributed by atoms with Gasteiger partial charge in [0.05, 0.1) is 5.56 Å². The van der Waals surface area contributed by atoms with Crippen molar-refractivity contribution in [1.82, 2.24) is 0 Å². The van der Waals surface area contributed by atoms with Gasteiger partial charge < -0.3 is 5.32 Å². The SMILES string of the molecule is Cc1cccc(NC(=O)c2ccccc2Br)c1. The highest BCUT2D eigenvalue weighted by atomic mass is 79.9. The minimum atomic E-state index is -0.108. The van der Waals surface area contributed by atoms with Crippen molar-refractivity contribution < 1.29 is 4.79 Å². The van der Waals surface area contributed by atoms with Crippen molar-refractivity contribution in [1.29, 1.82) is 0 Å². The van der Waals surface area contributed by atoms with Gasteiger partial charge in [-0.25, -0.2) is 0 Å². The van der Waals surface area contributed by atoms with Gasteiger partial charge in [-0.15, -0.1) is 0 Å². The van der Waals surface area contributed by atoms with Crippen molar-refractivity contribution in [3.05, 3.63) is 64.1 Å². The van der Waals surface area contributed by atoms with Crippen LogP contribution in [0.1, 0.15) is 15.9 Å². The Kier molecular flexibility index (Phi) is 3.59. The standard InChI is InChI=1S/C14H12BrNO/c1-10-5-4-6-11(9-10)16-14(17)12-7-2-3-8-13(12)15/h2-9H,1H3,(H,16,17). The molecule has 0 bridgehead atoms. The first-order valence-corrected chi connectivity index (χ1v) is 6.08. The summed E-state index contributed by atoms with van der Waals surface area (Å²) in [5.41, 5.74) is 2.56. The maximum atomic E-state index is 12.0. The molecule has 0 aliphatic rings. The van der Waals surface area contributed by atoms with Crippen LogP contribution >= 0.6 is 15.9 Å². The van der Waals surface area contributed by atoms with Crippen molar-refractivity contribution in [2.24, 2.45) is 0 Å². The van der Waals surface area contributed by atoms with E-state index in [0.717, 1.165) is 15.7 Å². The zero-order valence-electron chi connectivity index (χ0n) is 9.41. The molecular weight excluding hydrogens is 278 g/mol. The molecule has 0 heterocycles. The minimum Gasteiger partial charge on any atom is -0.322 e. The van der Waals surface area contributed by atoms with E-state index in [1.165, 1.54) is 0 Å². The molecule has 1 amide bonds. The first-order valence-electron chi connectivity index (χ1n) is 5.29. The van der Waals surface area contributed by atoms with Gasteiger partial charge in [0.2, 0.25) is 0 Å². The second-order valence-electron chi connectivity index (χ2n) is 3.80. The average molecular weight is 290 g/mol. The average Bonchev–Trinajstić information content (AvgIpc) is 2.29. The number of halogens is 1. The van der Waals surface area contributed by atoms with E-state index in [1.807, 2.05) is 49.4 Å². The molecule has 2 aromatic rings. The van der Waals surface area contributed by atoms with E-state index in [9.17, 15) is 4.79 Å². The zero-order chi connectivity index (χ0) is 12.3. The van der Waals surface area contributed by atoms with Crippen LogP contribution in [0.4, 0.5) is 5.69 Å². The number of rotatable bonds is 2. The van der Waals surface area contributed by atoms with E-state index in [-0.39, 0.29) is 5.91 Å². The normalized spacial score (nSPS) is 10.0. The van der Waals surface area contributed by atoms with E-state index in [4.69, 9.17) is 0 Å². The van der Waals surface area contributed by atoms with Gasteiger partial charge in [-0.1, -0.05) is 24.3 Å². The number of hydrogen-bond acceptors (Lipinski definition) is 1. The van der Waals surface area contributed by atoms with E-state index < -0.39 is 0 Å². The molecule has 17 heavy (non-hydrogen) atoms. The van der Waals surface area contributed by atoms with Crippen LogP contribution in [-0.2, 0) is 0 Å². The van der Waals surface area contributed by atoms with Gasteiger partial charge >= 0.3 is 0 Å². The fourth-order valence-corrected chi connectivity index (χ4v) is 2.03. The Hall–Kier alpha value is -1.61. The summed E-state index contributed by atoms with van der Waals surface area (Å²) in [5, 5.41) is 2.87. The Morgan fingerprint density at radius 2 is 1.88 bits per heavy atom. The van der Waals surface area contributed by atoms with Crippen molar-refractivity contribution in [2.75, 3.05) is 5.32 Å². The van der Waals surface area contributed by atoms with Gasteiger partial charge in [-0.3, -0.25) is 4.79 Å². The van der Waals surface area contributed by atoms with Crippen LogP contribution in [0.3, 0.4) is 0 Å². The summed E-state index contributed by atoms with van der Waals surface area (Å²) in [6.07, 6.45) is 0. The molecule has 0 unspecified atom stereocenters. The second-order valence-corrected chi connectivity index (χ2v) is 4.66. The predicted molar refractivity (Wildman–Crippen MR) is 73.3 cm³/mol. The Morgan fingerprint density at radius 1 is 1.12 bits per heavy atom. The summed E-state index contributed by atoms with van der Waals surface area (Å²) in [7, 11) is 0. The summed E-state index contributed by atoms with van der Waals surface area (Å²) in [6, 6.07) is 15.1. The summed E-state index contributed by atoms with van der Waals surface area (Å²) < 4.78 is 0.796. The van der Waals surface area contributed by atoms with Crippen molar-refractivity contribution in [2.45, 2.75) is 6.92 Å². The molecule has 2 nitrogen and oxygen atoms in total. The van der Waals surface area contributed by atoms with Gasteiger partial charge in [0.25, 0.3) is 5.91 Å². The molecule has 0 saturated carbocycles. The highest BCUT2D eigenvalue weighted by Gasteiger charge is 2.08. The molecular formula is C14H12BrNO. The number of amides is 1. The van der Waals surface area contributed by atoms with Crippen LogP contribution < -0.4 is 5.32 Å². The number of carbonyl (C=O) groups excluding carboxylic acids is 1. The van der Waals surface area contributed by atoms with Crippen LogP contribution in [0.2, 0.25) is 0 Å². The molecule has 2 rings (SSSR count). The van der Waals surface area contributed by atoms with Crippen LogP contribution in [0.25, 0.3) is 0 Å². The molecule has 86 valence electrons. The molecule has 0 fully saturated rings. The summed E-state index contributed by atoms with van der Waals surface area (Å²) in [6.45, 7) is 1.99. The fourth-order valence-electron chi connectivity index (χ4n) is 1.57. The van der Waals surface area contributed by atoms with Gasteiger partial charge in [0.15, 0.2) is 0 Å². The van der Waals surface area contributed by atoms with Crippen LogP contribution in [0.15, 0.2) is 53.0 Å². The summed E-state index contributed by atoms with van der Waals surface area (Å²) in [4.78, 5) is 12.0. The predicted octanol–water partition coefficient (Wildman–Crippen LogP) is 4.01. The fraction of sp³-hybridized carbons (Fsp3) is 0.0714. The van der Waals surface area contributed by atoms with Crippen LogP contribution in [-0.4, -0.2) is 5.91 Å². The van der Waals surface area contributed by atoms with Gasteiger partial charge in [0.1, 0.15) is 0 Å². The lowest BCUT2D eigenvalue weighted by Gasteiger charge is -2.07. The minimum absolute atomic E-state index is 0.108. The maximum absolute atomic E-state index is 12.0. The van der Waals surface area contributed by atoms with Gasteiger partial charge in [0, 0.05) is 10.2 Å². The topological polar surface area (TPSA) is 29.1 Å². The molecule has 0 atom stereocenters. The number of hydrogen-bond donors (Lipinski definition) is 1. The Bertz CT molecular complexity index is 551. The first kappa shape index (κ1) is 11.9. The molecule has 0 aliphatic heterocycles. The third-order valence-corrected chi connectivity index (χ3v) is 3.09. The molecule has 1 N–H and O–H groups in total. The zero-order valence-corrected chi connectivity index (χ0v) is 11.0. The molecule has 0 spiro atoms. The quantitative estimate of drug-likeness (QED) is 0.889. The maximum Gasteiger partial charge on any atom is 0.256 e. The number of benzene rings is 2. The molecule has 0 aliphatic carbocycles. The Balaban J connectivity index is 2.20. The highest BCUT2D eigenvalue weighted by molar-refractivity contribution is 9.10. The number of nitrogens with one attached hydrogen (secondary N) is 1. The van der Waals surface area contributed by atoms with Crippen LogP contribution in [0.5, 0.6) is 0 Å². The second kappa shape index (κ2) is 5.15. The molecule has 0 radical (unpaired) electrons. The van der Waals surface area contributed by atoms with E-state index in [1.54, 1.807) is 6.07 Å². The van der Waals surface area contributed by atoms with Gasteiger partial charge in [-0.2, -0.15) is 0 Å². The number of anilines is 1. The Labute approximate surface area is 109 Å². The van der Waals surface area contributed by atoms with E-state index in [0.29, 0.717) is 5.56 Å². The van der Waals surface area contributed by atoms with Gasteiger partial charge in [-0.05, 0) is 52.7 Å². The Morgan fingerprint density at radius 3 is 2.59 bits per heavy atom. The summed E-state index contributed by atoms with van der Waals surface area (Å²) in [5.74, 6) is -0.108. The van der Waals surface area contributed by atoms with Crippen molar-refractivity contribution in [3.8, 4) is 0 Å².